The largest absolute Gasteiger partial charge is 0.478 e. The third kappa shape index (κ3) is 2.21. The summed E-state index contributed by atoms with van der Waals surface area (Å²) in [6.07, 6.45) is 1.41. The van der Waals surface area contributed by atoms with E-state index in [1.54, 1.807) is 0 Å². The lowest BCUT2D eigenvalue weighted by Crippen LogP contribution is -2.07. The first kappa shape index (κ1) is 11.8. The lowest BCUT2D eigenvalue weighted by Gasteiger charge is -2.09. The molecule has 2 heterocycles. The molecule has 0 bridgehead atoms. The van der Waals surface area contributed by atoms with E-state index in [2.05, 4.69) is 36.0 Å². The summed E-state index contributed by atoms with van der Waals surface area (Å²) >= 11 is 3.26. The van der Waals surface area contributed by atoms with Crippen LogP contribution in [0.15, 0.2) is 11.1 Å². The molecule has 2 aromatic rings. The van der Waals surface area contributed by atoms with Gasteiger partial charge in [0, 0.05) is 0 Å². The number of rotatable bonds is 3. The molecule has 0 radical (unpaired) electrons. The van der Waals surface area contributed by atoms with Crippen molar-refractivity contribution in [1.29, 1.82) is 0 Å². The molecule has 0 atom stereocenters. The zero-order valence-corrected chi connectivity index (χ0v) is 11.0. The van der Waals surface area contributed by atoms with E-state index in [0.717, 1.165) is 5.56 Å². The Morgan fingerprint density at radius 1 is 1.47 bits per heavy atom. The minimum Gasteiger partial charge on any atom is -0.478 e. The van der Waals surface area contributed by atoms with Gasteiger partial charge in [-0.25, -0.2) is 9.97 Å². The average molecular weight is 299 g/mol. The first-order valence-corrected chi connectivity index (χ1v) is 5.75. The predicted octanol–water partition coefficient (Wildman–Crippen LogP) is 1.11. The molecule has 0 unspecified atom stereocenters. The third-order valence-corrected chi connectivity index (χ3v) is 2.59. The summed E-state index contributed by atoms with van der Waals surface area (Å²) in [7, 11) is 0. The van der Waals surface area contributed by atoms with Gasteiger partial charge >= 0.3 is 0 Å². The molecule has 0 amide bonds. The van der Waals surface area contributed by atoms with Crippen LogP contribution in [-0.2, 0) is 0 Å². The number of aromatic nitrogens is 5. The summed E-state index contributed by atoms with van der Waals surface area (Å²) in [6.45, 7) is 4.28. The van der Waals surface area contributed by atoms with E-state index in [0.29, 0.717) is 23.0 Å². The highest BCUT2D eigenvalue weighted by Gasteiger charge is 2.14. The quantitative estimate of drug-likeness (QED) is 0.912. The minimum absolute atomic E-state index is 0.174. The van der Waals surface area contributed by atoms with E-state index in [1.807, 2.05) is 13.8 Å². The number of halogens is 1. The second kappa shape index (κ2) is 4.66. The van der Waals surface area contributed by atoms with Crippen molar-refractivity contribution in [3.63, 3.8) is 0 Å². The fourth-order valence-corrected chi connectivity index (χ4v) is 1.79. The number of hydrogen-bond donors (Lipinski definition) is 1. The van der Waals surface area contributed by atoms with Gasteiger partial charge in [-0.15, -0.1) is 5.10 Å². The van der Waals surface area contributed by atoms with Gasteiger partial charge in [-0.3, -0.25) is 0 Å². The van der Waals surface area contributed by atoms with E-state index >= 15 is 0 Å². The van der Waals surface area contributed by atoms with Gasteiger partial charge in [0.25, 0.3) is 0 Å². The molecule has 8 heteroatoms. The summed E-state index contributed by atoms with van der Waals surface area (Å²) in [6, 6.07) is 0. The fraction of sp³-hybridized carbons (Fsp3) is 0.333. The van der Waals surface area contributed by atoms with E-state index < -0.39 is 0 Å². The van der Waals surface area contributed by atoms with Crippen LogP contribution in [0.4, 0.5) is 5.95 Å². The number of hydrogen-bond acceptors (Lipinski definition) is 6. The van der Waals surface area contributed by atoms with Gasteiger partial charge in [0.05, 0.1) is 12.2 Å². The highest BCUT2D eigenvalue weighted by Crippen LogP contribution is 2.22. The molecule has 0 aliphatic heterocycles. The Hall–Kier alpha value is -1.70. The topological polar surface area (TPSA) is 91.7 Å². The van der Waals surface area contributed by atoms with Crippen molar-refractivity contribution >= 4 is 21.9 Å². The lowest BCUT2D eigenvalue weighted by atomic mass is 10.3. The van der Waals surface area contributed by atoms with Gasteiger partial charge in [-0.1, -0.05) is 0 Å². The second-order valence-corrected chi connectivity index (χ2v) is 3.92. The molecule has 17 heavy (non-hydrogen) atoms. The highest BCUT2D eigenvalue weighted by molar-refractivity contribution is 9.10. The number of ether oxygens (including phenoxy) is 1. The van der Waals surface area contributed by atoms with Crippen molar-refractivity contribution in [1.82, 2.24) is 24.7 Å². The van der Waals surface area contributed by atoms with Crippen molar-refractivity contribution in [2.75, 3.05) is 12.3 Å². The van der Waals surface area contributed by atoms with Crippen LogP contribution < -0.4 is 10.5 Å². The summed E-state index contributed by atoms with van der Waals surface area (Å²) in [5, 5.41) is 4.03. The minimum atomic E-state index is 0.174. The summed E-state index contributed by atoms with van der Waals surface area (Å²) in [5.41, 5.74) is 6.29. The molecule has 0 fully saturated rings. The zero-order chi connectivity index (χ0) is 12.4. The second-order valence-electron chi connectivity index (χ2n) is 3.21. The van der Waals surface area contributed by atoms with E-state index in [1.165, 1.54) is 11.0 Å². The van der Waals surface area contributed by atoms with Gasteiger partial charge in [-0.05, 0) is 29.8 Å². The van der Waals surface area contributed by atoms with E-state index in [9.17, 15) is 0 Å². The smallest absolute Gasteiger partial charge is 0.240 e. The first-order chi connectivity index (χ1) is 8.13. The summed E-state index contributed by atoms with van der Waals surface area (Å²) < 4.78 is 7.37. The Balaban J connectivity index is 2.52. The predicted molar refractivity (Wildman–Crippen MR) is 65.0 cm³/mol. The number of nitrogens with two attached hydrogens (primary N) is 1. The maximum Gasteiger partial charge on any atom is 0.240 e. The van der Waals surface area contributed by atoms with Crippen molar-refractivity contribution < 1.29 is 4.74 Å². The Morgan fingerprint density at radius 2 is 2.24 bits per heavy atom. The maximum absolute atomic E-state index is 5.52. The molecule has 0 spiro atoms. The van der Waals surface area contributed by atoms with Crippen LogP contribution in [0.25, 0.3) is 5.82 Å². The van der Waals surface area contributed by atoms with Crippen LogP contribution in [-0.4, -0.2) is 31.3 Å². The molecular formula is C9H11BrN6O. The molecule has 2 aromatic heterocycles. The Kier molecular flexibility index (Phi) is 3.23. The summed E-state index contributed by atoms with van der Waals surface area (Å²) in [4.78, 5) is 12.1. The monoisotopic (exact) mass is 298 g/mol. The van der Waals surface area contributed by atoms with Crippen LogP contribution >= 0.6 is 15.9 Å². The molecule has 0 saturated carbocycles. The van der Waals surface area contributed by atoms with Crippen LogP contribution in [0, 0.1) is 6.92 Å². The van der Waals surface area contributed by atoms with Crippen molar-refractivity contribution in [3.8, 4) is 11.7 Å². The highest BCUT2D eigenvalue weighted by atomic mass is 79.9. The lowest BCUT2D eigenvalue weighted by molar-refractivity contribution is 0.323. The molecule has 0 aliphatic rings. The van der Waals surface area contributed by atoms with Gasteiger partial charge in [-0.2, -0.15) is 9.67 Å². The fourth-order valence-electron chi connectivity index (χ4n) is 1.36. The van der Waals surface area contributed by atoms with Crippen LogP contribution in [0.5, 0.6) is 5.88 Å². The third-order valence-electron chi connectivity index (χ3n) is 2.08. The van der Waals surface area contributed by atoms with Crippen LogP contribution in [0.3, 0.4) is 0 Å². The molecule has 2 N–H and O–H groups in total. The maximum atomic E-state index is 5.52. The number of nitrogens with zero attached hydrogens (tertiary/aromatic N) is 5. The van der Waals surface area contributed by atoms with Gasteiger partial charge in [0.2, 0.25) is 16.6 Å². The van der Waals surface area contributed by atoms with Gasteiger partial charge in [0.15, 0.2) is 5.82 Å². The molecule has 0 saturated heterocycles. The van der Waals surface area contributed by atoms with Crippen molar-refractivity contribution in [2.45, 2.75) is 13.8 Å². The zero-order valence-electron chi connectivity index (χ0n) is 9.38. The molecule has 90 valence electrons. The standard InChI is InChI=1S/C9H11BrN6O/c1-3-17-7-5(2)6(12-4-13-7)16-8(10)14-9(11)15-16/h4H,3H2,1-2H3,(H2,11,15). The van der Waals surface area contributed by atoms with E-state index in [4.69, 9.17) is 10.5 Å². The SMILES string of the molecule is CCOc1ncnc(-n2nc(N)nc2Br)c1C. The Morgan fingerprint density at radius 3 is 2.82 bits per heavy atom. The summed E-state index contributed by atoms with van der Waals surface area (Å²) in [5.74, 6) is 1.28. The molecule has 7 nitrogen and oxygen atoms in total. The van der Waals surface area contributed by atoms with Gasteiger partial charge < -0.3 is 10.5 Å². The Bertz CT molecular complexity index is 540. The van der Waals surface area contributed by atoms with Gasteiger partial charge in [0.1, 0.15) is 6.33 Å². The Labute approximate surface area is 106 Å². The van der Waals surface area contributed by atoms with Crippen LogP contribution in [0.1, 0.15) is 12.5 Å². The van der Waals surface area contributed by atoms with Crippen molar-refractivity contribution in [3.05, 3.63) is 16.6 Å². The molecule has 2 rings (SSSR count). The molecule has 0 aliphatic carbocycles. The number of anilines is 1. The van der Waals surface area contributed by atoms with E-state index in [-0.39, 0.29) is 5.95 Å². The first-order valence-electron chi connectivity index (χ1n) is 4.96. The molecular weight excluding hydrogens is 288 g/mol. The average Bonchev–Trinajstić information content (AvgIpc) is 2.61. The normalized spacial score (nSPS) is 10.5. The van der Waals surface area contributed by atoms with Crippen molar-refractivity contribution in [2.24, 2.45) is 0 Å². The molecule has 0 aromatic carbocycles. The number of nitrogen functional groups attached to an aromatic ring is 1. The van der Waals surface area contributed by atoms with Crippen LogP contribution in [0.2, 0.25) is 0 Å².